The molecule has 0 atom stereocenters. The third-order valence-corrected chi connectivity index (χ3v) is 3.43. The fourth-order valence-electron chi connectivity index (χ4n) is 2.33. The second kappa shape index (κ2) is 3.47. The third-order valence-electron chi connectivity index (χ3n) is 3.19. The van der Waals surface area contributed by atoms with E-state index in [1.165, 1.54) is 0 Å². The number of hydrogen-bond acceptors (Lipinski definition) is 2. The van der Waals surface area contributed by atoms with Gasteiger partial charge in [0.1, 0.15) is 11.2 Å². The topological polar surface area (TPSA) is 26.0 Å². The van der Waals surface area contributed by atoms with Crippen molar-refractivity contribution in [1.29, 1.82) is 0 Å². The second-order valence-corrected chi connectivity index (χ2v) is 4.75. The molecule has 0 N–H and O–H groups in total. The Hall–Kier alpha value is -2.06. The first kappa shape index (κ1) is 9.92. The van der Waals surface area contributed by atoms with Crippen molar-refractivity contribution in [3.8, 4) is 0 Å². The molecule has 0 spiro atoms. The average Bonchev–Trinajstić information content (AvgIpc) is 2.73. The molecule has 2 nitrogen and oxygen atoms in total. The van der Waals surface area contributed by atoms with Gasteiger partial charge in [-0.25, -0.2) is 0 Å². The Morgan fingerprint density at radius 3 is 2.72 bits per heavy atom. The van der Waals surface area contributed by atoms with Crippen molar-refractivity contribution in [3.05, 3.63) is 53.8 Å². The highest BCUT2D eigenvalue weighted by atomic mass is 35.5. The first-order chi connectivity index (χ1) is 8.81. The lowest BCUT2D eigenvalue weighted by Crippen LogP contribution is -1.74. The minimum absolute atomic E-state index is 0.722. The molecule has 0 aliphatic carbocycles. The molecule has 4 rings (SSSR count). The minimum Gasteiger partial charge on any atom is -0.456 e. The molecule has 0 amide bonds. The Kier molecular flexibility index (Phi) is 1.91. The molecular formula is C15H8ClNO. The highest BCUT2D eigenvalue weighted by Crippen LogP contribution is 2.33. The largest absolute Gasteiger partial charge is 0.456 e. The fraction of sp³-hybridized carbons (Fsp3) is 0. The van der Waals surface area contributed by atoms with E-state index in [1.807, 2.05) is 36.5 Å². The van der Waals surface area contributed by atoms with E-state index in [0.717, 1.165) is 37.7 Å². The number of pyridine rings is 1. The van der Waals surface area contributed by atoms with Crippen LogP contribution in [0.15, 0.2) is 53.2 Å². The van der Waals surface area contributed by atoms with Crippen molar-refractivity contribution in [1.82, 2.24) is 4.98 Å². The summed E-state index contributed by atoms with van der Waals surface area (Å²) in [4.78, 5) is 4.12. The Morgan fingerprint density at radius 1 is 0.889 bits per heavy atom. The quantitative estimate of drug-likeness (QED) is 0.450. The van der Waals surface area contributed by atoms with Crippen LogP contribution >= 0.6 is 11.6 Å². The lowest BCUT2D eigenvalue weighted by molar-refractivity contribution is 0.669. The number of fused-ring (bicyclic) bond motifs is 4. The highest BCUT2D eigenvalue weighted by molar-refractivity contribution is 6.31. The van der Waals surface area contributed by atoms with Crippen molar-refractivity contribution in [3.63, 3.8) is 0 Å². The third kappa shape index (κ3) is 1.33. The Morgan fingerprint density at radius 2 is 1.78 bits per heavy atom. The molecule has 0 saturated carbocycles. The Bertz CT molecular complexity index is 895. The molecule has 3 heteroatoms. The number of aromatic nitrogens is 1. The van der Waals surface area contributed by atoms with Gasteiger partial charge in [0.15, 0.2) is 0 Å². The normalized spacial score (nSPS) is 11.6. The molecule has 2 heterocycles. The lowest BCUT2D eigenvalue weighted by atomic mass is 10.1. The molecule has 2 aromatic heterocycles. The summed E-state index contributed by atoms with van der Waals surface area (Å²) in [5.74, 6) is 0. The van der Waals surface area contributed by atoms with Gasteiger partial charge in [-0.2, -0.15) is 0 Å². The van der Waals surface area contributed by atoms with E-state index in [1.54, 1.807) is 6.20 Å². The van der Waals surface area contributed by atoms with Crippen LogP contribution in [0.1, 0.15) is 0 Å². The van der Waals surface area contributed by atoms with E-state index in [9.17, 15) is 0 Å². The molecule has 18 heavy (non-hydrogen) atoms. The number of benzene rings is 2. The van der Waals surface area contributed by atoms with Crippen LogP contribution in [0.4, 0.5) is 0 Å². The maximum atomic E-state index is 6.04. The van der Waals surface area contributed by atoms with Crippen molar-refractivity contribution in [2.24, 2.45) is 0 Å². The predicted octanol–water partition coefficient (Wildman–Crippen LogP) is 4.79. The molecule has 2 aromatic carbocycles. The van der Waals surface area contributed by atoms with Crippen LogP contribution < -0.4 is 0 Å². The van der Waals surface area contributed by atoms with Crippen LogP contribution in [0.5, 0.6) is 0 Å². The van der Waals surface area contributed by atoms with E-state index in [4.69, 9.17) is 16.0 Å². The van der Waals surface area contributed by atoms with Gasteiger partial charge in [-0.3, -0.25) is 4.98 Å². The van der Waals surface area contributed by atoms with Gasteiger partial charge >= 0.3 is 0 Å². The highest BCUT2D eigenvalue weighted by Gasteiger charge is 2.08. The van der Waals surface area contributed by atoms with Gasteiger partial charge in [0.25, 0.3) is 0 Å². The molecule has 4 aromatic rings. The van der Waals surface area contributed by atoms with E-state index >= 15 is 0 Å². The van der Waals surface area contributed by atoms with Gasteiger partial charge in [-0.1, -0.05) is 11.6 Å². The number of furan rings is 1. The van der Waals surface area contributed by atoms with E-state index in [-0.39, 0.29) is 0 Å². The predicted molar refractivity (Wildman–Crippen MR) is 74.0 cm³/mol. The van der Waals surface area contributed by atoms with Crippen molar-refractivity contribution in [2.45, 2.75) is 0 Å². The number of halogens is 1. The molecule has 86 valence electrons. The molecule has 0 radical (unpaired) electrons. The van der Waals surface area contributed by atoms with E-state index in [2.05, 4.69) is 11.1 Å². The zero-order chi connectivity index (χ0) is 12.1. The summed E-state index contributed by atoms with van der Waals surface area (Å²) in [5.41, 5.74) is 1.73. The molecule has 0 aliphatic heterocycles. The number of nitrogens with zero attached hydrogens (tertiary/aromatic N) is 1. The van der Waals surface area contributed by atoms with Gasteiger partial charge < -0.3 is 4.42 Å². The Balaban J connectivity index is 2.25. The molecular weight excluding hydrogens is 246 g/mol. The second-order valence-electron chi connectivity index (χ2n) is 4.31. The smallest absolute Gasteiger partial charge is 0.136 e. The summed E-state index contributed by atoms with van der Waals surface area (Å²) in [6.45, 7) is 0. The number of rotatable bonds is 0. The summed E-state index contributed by atoms with van der Waals surface area (Å²) >= 11 is 6.04. The maximum Gasteiger partial charge on any atom is 0.136 e. The first-order valence-corrected chi connectivity index (χ1v) is 6.05. The standard InChI is InChI=1S/C15H8ClNO/c16-11-1-2-14-13(7-11)12-5-9-3-4-17-8-10(9)6-15(12)18-14/h1-8H. The van der Waals surface area contributed by atoms with Crippen LogP contribution in [0, 0.1) is 0 Å². The summed E-state index contributed by atoms with van der Waals surface area (Å²) < 4.78 is 5.83. The summed E-state index contributed by atoms with van der Waals surface area (Å²) in [6.07, 6.45) is 3.64. The summed E-state index contributed by atoms with van der Waals surface area (Å²) in [7, 11) is 0. The van der Waals surface area contributed by atoms with Gasteiger partial charge in [0.2, 0.25) is 0 Å². The zero-order valence-electron chi connectivity index (χ0n) is 9.35. The molecule has 0 fully saturated rings. The average molecular weight is 254 g/mol. The molecule has 0 saturated heterocycles. The van der Waals surface area contributed by atoms with Crippen molar-refractivity contribution in [2.75, 3.05) is 0 Å². The van der Waals surface area contributed by atoms with Crippen molar-refractivity contribution >= 4 is 44.3 Å². The van der Waals surface area contributed by atoms with Crippen LogP contribution in [0.2, 0.25) is 5.02 Å². The van der Waals surface area contributed by atoms with E-state index < -0.39 is 0 Å². The molecule has 0 bridgehead atoms. The first-order valence-electron chi connectivity index (χ1n) is 5.67. The van der Waals surface area contributed by atoms with E-state index in [0.29, 0.717) is 0 Å². The zero-order valence-corrected chi connectivity index (χ0v) is 10.1. The van der Waals surface area contributed by atoms with Crippen LogP contribution in [0.3, 0.4) is 0 Å². The van der Waals surface area contributed by atoms with Gasteiger partial charge in [-0.05, 0) is 41.8 Å². The molecule has 0 aliphatic rings. The summed E-state index contributed by atoms with van der Waals surface area (Å²) in [6, 6.07) is 11.8. The van der Waals surface area contributed by atoms with Crippen LogP contribution in [-0.2, 0) is 0 Å². The summed E-state index contributed by atoms with van der Waals surface area (Å²) in [5, 5.41) is 5.10. The van der Waals surface area contributed by atoms with Gasteiger partial charge in [0, 0.05) is 33.6 Å². The van der Waals surface area contributed by atoms with Crippen LogP contribution in [0.25, 0.3) is 32.7 Å². The fourth-order valence-corrected chi connectivity index (χ4v) is 2.50. The van der Waals surface area contributed by atoms with Gasteiger partial charge in [0.05, 0.1) is 0 Å². The minimum atomic E-state index is 0.722. The monoisotopic (exact) mass is 253 g/mol. The van der Waals surface area contributed by atoms with Crippen LogP contribution in [-0.4, -0.2) is 4.98 Å². The molecule has 0 unspecified atom stereocenters. The SMILES string of the molecule is Clc1ccc2oc3cc4cnccc4cc3c2c1. The van der Waals surface area contributed by atoms with Crippen molar-refractivity contribution < 1.29 is 4.42 Å². The lowest BCUT2D eigenvalue weighted by Gasteiger charge is -1.96. The Labute approximate surface area is 108 Å². The maximum absolute atomic E-state index is 6.04. The number of hydrogen-bond donors (Lipinski definition) is 0. The van der Waals surface area contributed by atoms with Gasteiger partial charge in [-0.15, -0.1) is 0 Å².